The Morgan fingerprint density at radius 1 is 1.48 bits per heavy atom. The van der Waals surface area contributed by atoms with Crippen LogP contribution in [0.1, 0.15) is 12.8 Å². The normalized spacial score (nSPS) is 14.1. The number of nitrogens with one attached hydrogen (secondary N) is 1. The zero-order chi connectivity index (χ0) is 14.8. The monoisotopic (exact) mass is 367 g/mol. The number of carbonyl (C=O) groups is 1. The van der Waals surface area contributed by atoms with Crippen molar-refractivity contribution in [1.82, 2.24) is 20.2 Å². The van der Waals surface area contributed by atoms with Crippen LogP contribution in [-0.4, -0.2) is 32.6 Å². The average Bonchev–Trinajstić information content (AvgIpc) is 3.18. The SMILES string of the molecule is Nn1c(SCC(=O)NC2CC2)nnc1-c1cccc(Br)c1. The fraction of sp³-hybridized carbons (Fsp3) is 0.308. The Bertz CT molecular complexity index is 670. The highest BCUT2D eigenvalue weighted by Gasteiger charge is 2.23. The second kappa shape index (κ2) is 6.07. The van der Waals surface area contributed by atoms with Crippen LogP contribution in [0.5, 0.6) is 0 Å². The van der Waals surface area contributed by atoms with Crippen LogP contribution < -0.4 is 11.2 Å². The minimum atomic E-state index is 0.00880. The minimum Gasteiger partial charge on any atom is -0.353 e. The average molecular weight is 368 g/mol. The Morgan fingerprint density at radius 3 is 3.00 bits per heavy atom. The summed E-state index contributed by atoms with van der Waals surface area (Å²) < 4.78 is 2.36. The third kappa shape index (κ3) is 3.56. The van der Waals surface area contributed by atoms with Crippen LogP contribution in [0, 0.1) is 0 Å². The van der Waals surface area contributed by atoms with E-state index in [0.717, 1.165) is 22.9 Å². The molecule has 0 bridgehead atoms. The van der Waals surface area contributed by atoms with Crippen molar-refractivity contribution in [2.45, 2.75) is 24.0 Å². The molecule has 0 radical (unpaired) electrons. The quantitative estimate of drug-likeness (QED) is 0.621. The first-order valence-electron chi connectivity index (χ1n) is 6.52. The molecule has 1 fully saturated rings. The highest BCUT2D eigenvalue weighted by molar-refractivity contribution is 9.10. The van der Waals surface area contributed by atoms with Crippen molar-refractivity contribution in [2.24, 2.45) is 0 Å². The zero-order valence-corrected chi connectivity index (χ0v) is 13.5. The Hall–Kier alpha value is -1.54. The third-order valence-corrected chi connectivity index (χ3v) is 4.46. The predicted molar refractivity (Wildman–Crippen MR) is 85.2 cm³/mol. The minimum absolute atomic E-state index is 0.00880. The fourth-order valence-electron chi connectivity index (χ4n) is 1.83. The number of nitrogens with zero attached hydrogens (tertiary/aromatic N) is 3. The van der Waals surface area contributed by atoms with Gasteiger partial charge < -0.3 is 11.2 Å². The van der Waals surface area contributed by atoms with E-state index in [2.05, 4.69) is 31.4 Å². The number of benzene rings is 1. The number of amides is 1. The summed E-state index contributed by atoms with van der Waals surface area (Å²) in [5.74, 6) is 6.88. The van der Waals surface area contributed by atoms with Gasteiger partial charge in [0.15, 0.2) is 5.82 Å². The van der Waals surface area contributed by atoms with E-state index in [1.807, 2.05) is 24.3 Å². The molecule has 1 aromatic heterocycles. The van der Waals surface area contributed by atoms with Crippen LogP contribution in [0.25, 0.3) is 11.4 Å². The predicted octanol–water partition coefficient (Wildman–Crippen LogP) is 1.79. The molecule has 1 aliphatic carbocycles. The van der Waals surface area contributed by atoms with Gasteiger partial charge in [0.25, 0.3) is 0 Å². The molecular weight excluding hydrogens is 354 g/mol. The van der Waals surface area contributed by atoms with Crippen molar-refractivity contribution in [3.63, 3.8) is 0 Å². The van der Waals surface area contributed by atoms with Crippen molar-refractivity contribution >= 4 is 33.6 Å². The van der Waals surface area contributed by atoms with Crippen LogP contribution in [0.15, 0.2) is 33.9 Å². The lowest BCUT2D eigenvalue weighted by atomic mass is 10.2. The second-order valence-electron chi connectivity index (χ2n) is 4.82. The molecule has 1 heterocycles. The smallest absolute Gasteiger partial charge is 0.230 e. The van der Waals surface area contributed by atoms with E-state index in [1.54, 1.807) is 0 Å². The summed E-state index contributed by atoms with van der Waals surface area (Å²) in [6, 6.07) is 8.03. The molecule has 1 aromatic carbocycles. The van der Waals surface area contributed by atoms with E-state index in [-0.39, 0.29) is 5.91 Å². The van der Waals surface area contributed by atoms with Gasteiger partial charge in [0.1, 0.15) is 0 Å². The lowest BCUT2D eigenvalue weighted by Gasteiger charge is -2.04. The molecule has 0 unspecified atom stereocenters. The molecule has 0 aliphatic heterocycles. The maximum Gasteiger partial charge on any atom is 0.230 e. The summed E-state index contributed by atoms with van der Waals surface area (Å²) in [5, 5.41) is 11.6. The topological polar surface area (TPSA) is 85.8 Å². The maximum absolute atomic E-state index is 11.7. The van der Waals surface area contributed by atoms with Gasteiger partial charge in [0.05, 0.1) is 5.75 Å². The Kier molecular flexibility index (Phi) is 4.16. The van der Waals surface area contributed by atoms with E-state index >= 15 is 0 Å². The first-order chi connectivity index (χ1) is 10.1. The number of hydrogen-bond donors (Lipinski definition) is 2. The number of hydrogen-bond acceptors (Lipinski definition) is 5. The highest BCUT2D eigenvalue weighted by Crippen LogP contribution is 2.24. The number of carbonyl (C=O) groups excluding carboxylic acids is 1. The molecule has 1 saturated carbocycles. The van der Waals surface area contributed by atoms with Crippen LogP contribution >= 0.6 is 27.7 Å². The molecule has 0 atom stereocenters. The van der Waals surface area contributed by atoms with Gasteiger partial charge in [0, 0.05) is 16.1 Å². The number of aromatic nitrogens is 3. The van der Waals surface area contributed by atoms with Gasteiger partial charge in [-0.3, -0.25) is 4.79 Å². The zero-order valence-electron chi connectivity index (χ0n) is 11.1. The van der Waals surface area contributed by atoms with Gasteiger partial charge in [-0.05, 0) is 25.0 Å². The molecule has 0 saturated heterocycles. The first-order valence-corrected chi connectivity index (χ1v) is 8.30. The van der Waals surface area contributed by atoms with E-state index in [9.17, 15) is 4.79 Å². The largest absolute Gasteiger partial charge is 0.353 e. The van der Waals surface area contributed by atoms with Gasteiger partial charge in [-0.2, -0.15) is 0 Å². The Balaban J connectivity index is 1.68. The second-order valence-corrected chi connectivity index (χ2v) is 6.68. The number of nitrogen functional groups attached to an aromatic ring is 1. The number of nitrogens with two attached hydrogens (primary N) is 1. The molecule has 1 amide bonds. The van der Waals surface area contributed by atoms with Crippen molar-refractivity contribution in [2.75, 3.05) is 11.6 Å². The molecule has 21 heavy (non-hydrogen) atoms. The van der Waals surface area contributed by atoms with Gasteiger partial charge in [-0.15, -0.1) is 10.2 Å². The Morgan fingerprint density at radius 2 is 2.29 bits per heavy atom. The number of rotatable bonds is 5. The van der Waals surface area contributed by atoms with Crippen LogP contribution in [0.3, 0.4) is 0 Å². The van der Waals surface area contributed by atoms with Crippen molar-refractivity contribution in [3.8, 4) is 11.4 Å². The Labute approximate surface area is 134 Å². The van der Waals surface area contributed by atoms with Gasteiger partial charge in [-0.1, -0.05) is 39.8 Å². The van der Waals surface area contributed by atoms with Crippen molar-refractivity contribution in [1.29, 1.82) is 0 Å². The lowest BCUT2D eigenvalue weighted by molar-refractivity contribution is -0.118. The van der Waals surface area contributed by atoms with E-state index in [0.29, 0.717) is 22.8 Å². The van der Waals surface area contributed by atoms with Crippen LogP contribution in [-0.2, 0) is 4.79 Å². The summed E-state index contributed by atoms with van der Waals surface area (Å²) in [4.78, 5) is 11.7. The molecule has 2 aromatic rings. The van der Waals surface area contributed by atoms with Gasteiger partial charge in [0.2, 0.25) is 11.1 Å². The molecule has 3 rings (SSSR count). The maximum atomic E-state index is 11.7. The standard InChI is InChI=1S/C13H14BrN5OS/c14-9-3-1-2-8(6-9)12-17-18-13(19(12)15)21-7-11(20)16-10-4-5-10/h1-3,6,10H,4-5,7,15H2,(H,16,20). The molecule has 6 nitrogen and oxygen atoms in total. The molecule has 0 spiro atoms. The molecular formula is C13H14BrN5OS. The van der Waals surface area contributed by atoms with Gasteiger partial charge >= 0.3 is 0 Å². The van der Waals surface area contributed by atoms with Crippen molar-refractivity contribution < 1.29 is 4.79 Å². The highest BCUT2D eigenvalue weighted by atomic mass is 79.9. The van der Waals surface area contributed by atoms with Gasteiger partial charge in [-0.25, -0.2) is 4.68 Å². The molecule has 3 N–H and O–H groups in total. The van der Waals surface area contributed by atoms with E-state index in [4.69, 9.17) is 5.84 Å². The first kappa shape index (κ1) is 14.4. The number of halogens is 1. The van der Waals surface area contributed by atoms with E-state index in [1.165, 1.54) is 16.4 Å². The molecule has 110 valence electrons. The molecule has 1 aliphatic rings. The summed E-state index contributed by atoms with van der Waals surface area (Å²) >= 11 is 4.70. The van der Waals surface area contributed by atoms with E-state index < -0.39 is 0 Å². The molecule has 8 heteroatoms. The third-order valence-electron chi connectivity index (χ3n) is 3.02. The van der Waals surface area contributed by atoms with Crippen molar-refractivity contribution in [3.05, 3.63) is 28.7 Å². The summed E-state index contributed by atoms with van der Waals surface area (Å²) in [6.07, 6.45) is 2.16. The van der Waals surface area contributed by atoms with Crippen LogP contribution in [0.4, 0.5) is 0 Å². The summed E-state index contributed by atoms with van der Waals surface area (Å²) in [5.41, 5.74) is 0.869. The summed E-state index contributed by atoms with van der Waals surface area (Å²) in [6.45, 7) is 0. The summed E-state index contributed by atoms with van der Waals surface area (Å²) in [7, 11) is 0. The van der Waals surface area contributed by atoms with Crippen LogP contribution in [0.2, 0.25) is 0 Å². The fourth-order valence-corrected chi connectivity index (χ4v) is 2.89. The lowest BCUT2D eigenvalue weighted by Crippen LogP contribution is -2.27. The number of thioether (sulfide) groups is 1.